The van der Waals surface area contributed by atoms with Gasteiger partial charge < -0.3 is 9.53 Å². The van der Waals surface area contributed by atoms with E-state index in [-0.39, 0.29) is 5.56 Å². The van der Waals surface area contributed by atoms with Crippen LogP contribution in [0.3, 0.4) is 0 Å². The molecule has 0 saturated heterocycles. The molecule has 0 aliphatic heterocycles. The summed E-state index contributed by atoms with van der Waals surface area (Å²) < 4.78 is 5.64. The molecule has 0 unspecified atom stereocenters. The van der Waals surface area contributed by atoms with Crippen LogP contribution < -0.4 is 4.43 Å². The minimum Gasteiger partial charge on any atom is -0.544 e. The average Bonchev–Trinajstić information content (AvgIpc) is 2.15. The zero-order valence-electron chi connectivity index (χ0n) is 9.48. The van der Waals surface area contributed by atoms with Crippen LogP contribution in [0, 0.1) is 0 Å². The van der Waals surface area contributed by atoms with E-state index in [1.54, 1.807) is 6.07 Å². The number of carbonyl (C=O) groups excluding carboxylic acids is 1. The fourth-order valence-corrected chi connectivity index (χ4v) is 2.04. The number of carboxylic acid groups (broad SMARTS) is 1. The molecular formula is C11H14O4Si. The average molecular weight is 238 g/mol. The molecule has 1 aromatic rings. The monoisotopic (exact) mass is 238 g/mol. The highest BCUT2D eigenvalue weighted by Gasteiger charge is 2.20. The highest BCUT2D eigenvalue weighted by atomic mass is 28.4. The van der Waals surface area contributed by atoms with Crippen molar-refractivity contribution in [1.82, 2.24) is 0 Å². The van der Waals surface area contributed by atoms with Gasteiger partial charge in [-0.05, 0) is 37.8 Å². The van der Waals surface area contributed by atoms with Crippen LogP contribution in [0.4, 0.5) is 0 Å². The molecule has 0 aliphatic rings. The van der Waals surface area contributed by atoms with Gasteiger partial charge in [0.15, 0.2) is 0 Å². The second-order valence-electron chi connectivity index (χ2n) is 4.39. The van der Waals surface area contributed by atoms with Gasteiger partial charge in [0.25, 0.3) is 0 Å². The van der Waals surface area contributed by atoms with Gasteiger partial charge in [-0.1, -0.05) is 0 Å². The molecule has 1 rings (SSSR count). The van der Waals surface area contributed by atoms with Crippen molar-refractivity contribution in [2.45, 2.75) is 19.6 Å². The Bertz CT molecular complexity index is 420. The summed E-state index contributed by atoms with van der Waals surface area (Å²) in [5, 5.41) is 9.00. The van der Waals surface area contributed by atoms with Crippen molar-refractivity contribution in [3.63, 3.8) is 0 Å². The van der Waals surface area contributed by atoms with Crippen LogP contribution in [-0.2, 0) is 0 Å². The lowest BCUT2D eigenvalue weighted by Crippen LogP contribution is -2.30. The van der Waals surface area contributed by atoms with Crippen molar-refractivity contribution in [2.75, 3.05) is 0 Å². The Morgan fingerprint density at radius 1 is 1.38 bits per heavy atom. The molecule has 0 heterocycles. The van der Waals surface area contributed by atoms with Gasteiger partial charge in [-0.25, -0.2) is 4.79 Å². The Balaban J connectivity index is 3.18. The van der Waals surface area contributed by atoms with Gasteiger partial charge in [0.1, 0.15) is 17.6 Å². The summed E-state index contributed by atoms with van der Waals surface area (Å²) in [6.07, 6.45) is 0.616. The lowest BCUT2D eigenvalue weighted by molar-refractivity contribution is 0.0695. The van der Waals surface area contributed by atoms with E-state index in [0.717, 1.165) is 0 Å². The zero-order chi connectivity index (χ0) is 12.3. The highest BCUT2D eigenvalue weighted by molar-refractivity contribution is 6.70. The van der Waals surface area contributed by atoms with Crippen LogP contribution in [0.25, 0.3) is 0 Å². The topological polar surface area (TPSA) is 63.6 Å². The van der Waals surface area contributed by atoms with E-state index in [4.69, 9.17) is 9.53 Å². The van der Waals surface area contributed by atoms with Gasteiger partial charge in [-0.15, -0.1) is 0 Å². The summed E-state index contributed by atoms with van der Waals surface area (Å²) in [4.78, 5) is 21.5. The predicted molar refractivity (Wildman–Crippen MR) is 62.8 cm³/mol. The first-order valence-corrected chi connectivity index (χ1v) is 8.26. The standard InChI is InChI=1S/C11H14O4Si/c1-16(2,3)15-10-5-4-8(7-12)6-9(10)11(13)14/h4-7H,1-3H3,(H,13,14). The normalized spacial score (nSPS) is 10.9. The van der Waals surface area contributed by atoms with Gasteiger partial charge in [0, 0.05) is 5.56 Å². The fourth-order valence-electron chi connectivity index (χ4n) is 1.21. The number of aromatic carboxylic acids is 1. The van der Waals surface area contributed by atoms with Crippen LogP contribution in [0.2, 0.25) is 19.6 Å². The molecule has 1 N–H and O–H groups in total. The maximum Gasteiger partial charge on any atom is 0.339 e. The summed E-state index contributed by atoms with van der Waals surface area (Å²) >= 11 is 0. The molecule has 0 radical (unpaired) electrons. The second-order valence-corrected chi connectivity index (χ2v) is 8.82. The third-order valence-corrected chi connectivity index (χ3v) is 2.62. The van der Waals surface area contributed by atoms with Crippen LogP contribution >= 0.6 is 0 Å². The summed E-state index contributed by atoms with van der Waals surface area (Å²) in [5.41, 5.74) is 0.368. The molecule has 0 aromatic heterocycles. The molecule has 0 fully saturated rings. The molecule has 16 heavy (non-hydrogen) atoms. The van der Waals surface area contributed by atoms with E-state index in [2.05, 4.69) is 0 Å². The maximum atomic E-state index is 11.0. The summed E-state index contributed by atoms with van der Waals surface area (Å²) in [6.45, 7) is 5.89. The first-order chi connectivity index (χ1) is 7.33. The number of aldehydes is 1. The summed E-state index contributed by atoms with van der Waals surface area (Å²) in [6, 6.07) is 4.41. The Morgan fingerprint density at radius 3 is 2.44 bits per heavy atom. The van der Waals surface area contributed by atoms with E-state index in [0.29, 0.717) is 17.6 Å². The second kappa shape index (κ2) is 4.48. The van der Waals surface area contributed by atoms with E-state index in [1.165, 1.54) is 12.1 Å². The minimum atomic E-state index is -1.85. The molecule has 0 atom stereocenters. The molecule has 0 amide bonds. The molecule has 0 spiro atoms. The molecule has 86 valence electrons. The van der Waals surface area contributed by atoms with E-state index in [9.17, 15) is 9.59 Å². The molecule has 0 aliphatic carbocycles. The third-order valence-electron chi connectivity index (χ3n) is 1.79. The zero-order valence-corrected chi connectivity index (χ0v) is 10.5. The van der Waals surface area contributed by atoms with Gasteiger partial charge in [-0.2, -0.15) is 0 Å². The van der Waals surface area contributed by atoms with Crippen LogP contribution in [-0.4, -0.2) is 25.7 Å². The van der Waals surface area contributed by atoms with Crippen LogP contribution in [0.15, 0.2) is 18.2 Å². The lowest BCUT2D eigenvalue weighted by Gasteiger charge is -2.20. The first kappa shape index (κ1) is 12.4. The maximum absolute atomic E-state index is 11.0. The van der Waals surface area contributed by atoms with Crippen molar-refractivity contribution in [1.29, 1.82) is 0 Å². The number of rotatable bonds is 4. The SMILES string of the molecule is C[Si](C)(C)Oc1ccc(C=O)cc1C(=O)O. The van der Waals surface area contributed by atoms with Gasteiger partial charge in [0.05, 0.1) is 0 Å². The molecular weight excluding hydrogens is 224 g/mol. The van der Waals surface area contributed by atoms with Gasteiger partial charge in [0.2, 0.25) is 8.32 Å². The van der Waals surface area contributed by atoms with Crippen molar-refractivity contribution < 1.29 is 19.1 Å². The summed E-state index contributed by atoms with van der Waals surface area (Å²) in [7, 11) is -1.85. The summed E-state index contributed by atoms with van der Waals surface area (Å²) in [5.74, 6) is -0.755. The number of hydrogen-bond acceptors (Lipinski definition) is 3. The van der Waals surface area contributed by atoms with Crippen LogP contribution in [0.1, 0.15) is 20.7 Å². The molecule has 0 saturated carbocycles. The van der Waals surface area contributed by atoms with Gasteiger partial charge >= 0.3 is 5.97 Å². The molecule has 4 nitrogen and oxygen atoms in total. The van der Waals surface area contributed by atoms with Crippen LogP contribution in [0.5, 0.6) is 5.75 Å². The Morgan fingerprint density at radius 2 is 2.00 bits per heavy atom. The van der Waals surface area contributed by atoms with E-state index in [1.807, 2.05) is 19.6 Å². The Hall–Kier alpha value is -1.62. The number of carboxylic acids is 1. The Labute approximate surface area is 95.0 Å². The van der Waals surface area contributed by atoms with Gasteiger partial charge in [-0.3, -0.25) is 4.79 Å². The van der Waals surface area contributed by atoms with E-state index >= 15 is 0 Å². The third kappa shape index (κ3) is 3.20. The predicted octanol–water partition coefficient (Wildman–Crippen LogP) is 2.41. The fraction of sp³-hybridized carbons (Fsp3) is 0.273. The van der Waals surface area contributed by atoms with Crippen molar-refractivity contribution >= 4 is 20.6 Å². The molecule has 0 bridgehead atoms. The quantitative estimate of drug-likeness (QED) is 0.646. The Kier molecular flexibility index (Phi) is 3.49. The number of hydrogen-bond donors (Lipinski definition) is 1. The van der Waals surface area contributed by atoms with Crippen molar-refractivity contribution in [3.05, 3.63) is 29.3 Å². The first-order valence-electron chi connectivity index (χ1n) is 4.85. The number of benzene rings is 1. The number of carbonyl (C=O) groups is 2. The van der Waals surface area contributed by atoms with E-state index < -0.39 is 14.3 Å². The lowest BCUT2D eigenvalue weighted by atomic mass is 10.1. The highest BCUT2D eigenvalue weighted by Crippen LogP contribution is 2.23. The molecule has 5 heteroatoms. The largest absolute Gasteiger partial charge is 0.544 e. The smallest absolute Gasteiger partial charge is 0.339 e. The minimum absolute atomic E-state index is 0.0343. The molecule has 1 aromatic carbocycles. The van der Waals surface area contributed by atoms with Crippen molar-refractivity contribution in [3.8, 4) is 5.75 Å². The van der Waals surface area contributed by atoms with Crippen molar-refractivity contribution in [2.24, 2.45) is 0 Å².